The first-order chi connectivity index (χ1) is 16.2. The van der Waals surface area contributed by atoms with Gasteiger partial charge in [-0.1, -0.05) is 0 Å². The normalized spacial score (nSPS) is 16.1. The van der Waals surface area contributed by atoms with Crippen LogP contribution in [0.4, 0.5) is 29.1 Å². The summed E-state index contributed by atoms with van der Waals surface area (Å²) in [6.07, 6.45) is 0.666. The highest BCUT2D eigenvalue weighted by Gasteiger charge is 2.36. The highest BCUT2D eigenvalue weighted by Crippen LogP contribution is 2.38. The van der Waals surface area contributed by atoms with Crippen LogP contribution in [0.5, 0.6) is 0 Å². The summed E-state index contributed by atoms with van der Waals surface area (Å²) in [7, 11) is 0. The number of aromatic nitrogens is 3. The zero-order valence-corrected chi connectivity index (χ0v) is 19.1. The van der Waals surface area contributed by atoms with E-state index >= 15 is 0 Å². The van der Waals surface area contributed by atoms with Crippen molar-refractivity contribution in [2.45, 2.75) is 25.1 Å². The van der Waals surface area contributed by atoms with Gasteiger partial charge >= 0.3 is 6.18 Å². The summed E-state index contributed by atoms with van der Waals surface area (Å²) in [5.74, 6) is -2.24. The summed E-state index contributed by atoms with van der Waals surface area (Å²) < 4.78 is 56.0. The van der Waals surface area contributed by atoms with E-state index in [1.807, 2.05) is 4.90 Å². The number of carbonyl (C=O) groups excluding carboxylic acids is 1. The molecule has 1 amide bonds. The van der Waals surface area contributed by atoms with E-state index in [4.69, 9.17) is 0 Å². The first-order valence-electron chi connectivity index (χ1n) is 10.2. The quantitative estimate of drug-likeness (QED) is 0.458. The molecule has 1 aliphatic heterocycles. The van der Waals surface area contributed by atoms with Crippen molar-refractivity contribution < 1.29 is 27.5 Å². The van der Waals surface area contributed by atoms with Crippen molar-refractivity contribution in [3.05, 3.63) is 64.3 Å². The molecule has 12 heteroatoms. The second kappa shape index (κ2) is 9.63. The van der Waals surface area contributed by atoms with Gasteiger partial charge in [-0.05, 0) is 53.0 Å². The largest absolute Gasteiger partial charge is 0.417 e. The molecule has 0 saturated carbocycles. The van der Waals surface area contributed by atoms with Gasteiger partial charge in [0.15, 0.2) is 11.6 Å². The zero-order valence-electron chi connectivity index (χ0n) is 17.5. The molecular weight excluding hydrogens is 522 g/mol. The number of aliphatic hydroxyl groups excluding tert-OH is 1. The van der Waals surface area contributed by atoms with Crippen LogP contribution in [0.1, 0.15) is 28.8 Å². The molecule has 3 heterocycles. The number of anilines is 2. The first-order valence-corrected chi connectivity index (χ1v) is 11.0. The molecule has 4 rings (SSSR count). The van der Waals surface area contributed by atoms with Crippen LogP contribution in [0.15, 0.2) is 47.3 Å². The van der Waals surface area contributed by atoms with Crippen molar-refractivity contribution in [2.24, 2.45) is 0 Å². The summed E-state index contributed by atoms with van der Waals surface area (Å²) in [5, 5.41) is 12.2. The number of rotatable bonds is 5. The Labute approximate surface area is 200 Å². The molecule has 1 saturated heterocycles. The minimum atomic E-state index is -4.89. The minimum absolute atomic E-state index is 0.112. The van der Waals surface area contributed by atoms with E-state index in [0.717, 1.165) is 18.9 Å². The number of carbonyl (C=O) groups is 1. The Morgan fingerprint density at radius 3 is 2.62 bits per heavy atom. The van der Waals surface area contributed by atoms with Gasteiger partial charge in [0.2, 0.25) is 0 Å². The summed E-state index contributed by atoms with van der Waals surface area (Å²) in [6.45, 7) is 0.478. The van der Waals surface area contributed by atoms with Crippen LogP contribution in [0.2, 0.25) is 0 Å². The van der Waals surface area contributed by atoms with Crippen molar-refractivity contribution in [3.63, 3.8) is 0 Å². The van der Waals surface area contributed by atoms with Crippen molar-refractivity contribution in [2.75, 3.05) is 23.4 Å². The number of nitrogens with zero attached hydrogens (tertiary/aromatic N) is 4. The number of alkyl halides is 3. The Hall–Kier alpha value is -3.12. The molecule has 178 valence electrons. The lowest BCUT2D eigenvalue weighted by Gasteiger charge is -2.26. The molecule has 3 aromatic rings. The average molecular weight is 540 g/mol. The van der Waals surface area contributed by atoms with Gasteiger partial charge in [-0.3, -0.25) is 4.79 Å². The maximum Gasteiger partial charge on any atom is 0.417 e. The number of aliphatic hydroxyl groups is 1. The second-order valence-corrected chi connectivity index (χ2v) is 8.51. The summed E-state index contributed by atoms with van der Waals surface area (Å²) >= 11 is 3.27. The van der Waals surface area contributed by atoms with Crippen LogP contribution in [0.25, 0.3) is 11.4 Å². The topological polar surface area (TPSA) is 91.2 Å². The summed E-state index contributed by atoms with van der Waals surface area (Å²) in [4.78, 5) is 26.8. The number of hydrogen-bond acceptors (Lipinski definition) is 6. The van der Waals surface area contributed by atoms with E-state index < -0.39 is 34.6 Å². The molecule has 7 nitrogen and oxygen atoms in total. The highest BCUT2D eigenvalue weighted by molar-refractivity contribution is 9.10. The van der Waals surface area contributed by atoms with E-state index in [9.17, 15) is 27.5 Å². The predicted octanol–water partition coefficient (Wildman–Crippen LogP) is 4.67. The van der Waals surface area contributed by atoms with E-state index in [1.54, 1.807) is 6.07 Å². The molecule has 0 unspecified atom stereocenters. The molecule has 2 aromatic heterocycles. The van der Waals surface area contributed by atoms with E-state index in [-0.39, 0.29) is 30.2 Å². The molecule has 0 spiro atoms. The molecule has 0 aliphatic carbocycles. The molecule has 0 bridgehead atoms. The highest BCUT2D eigenvalue weighted by atomic mass is 79.9. The standard InChI is InChI=1S/C22H18BrF4N5O2/c23-12-7-18(20(30-10-12)32-6-1-3-13(32)11-33)31-21(34)15-8-14(19-28-4-2-5-29-19)16(9-17(15)24)22(25,26)27/h2,4-5,7-10,13,33H,1,3,6,11H2,(H,31,34)/t13-/m1/s1. The lowest BCUT2D eigenvalue weighted by molar-refractivity contribution is -0.137. The first kappa shape index (κ1) is 24.0. The Morgan fingerprint density at radius 1 is 1.21 bits per heavy atom. The zero-order chi connectivity index (χ0) is 24.5. The minimum Gasteiger partial charge on any atom is -0.394 e. The fourth-order valence-electron chi connectivity index (χ4n) is 3.85. The third kappa shape index (κ3) is 4.87. The number of benzene rings is 1. The average Bonchev–Trinajstić information content (AvgIpc) is 3.27. The number of nitrogens with one attached hydrogen (secondary N) is 1. The number of amides is 1. The lowest BCUT2D eigenvalue weighted by atomic mass is 10.0. The Morgan fingerprint density at radius 2 is 1.94 bits per heavy atom. The third-order valence-electron chi connectivity index (χ3n) is 5.41. The monoisotopic (exact) mass is 539 g/mol. The Balaban J connectivity index is 1.74. The maximum absolute atomic E-state index is 14.8. The van der Waals surface area contributed by atoms with E-state index in [1.165, 1.54) is 24.7 Å². The van der Waals surface area contributed by atoms with Gasteiger partial charge in [0, 0.05) is 35.2 Å². The molecule has 1 aliphatic rings. The molecule has 0 radical (unpaired) electrons. The second-order valence-electron chi connectivity index (χ2n) is 7.60. The SMILES string of the molecule is O=C(Nc1cc(Br)cnc1N1CCC[C@@H]1CO)c1cc(-c2ncccn2)c(C(F)(F)F)cc1F. The Bertz CT molecular complexity index is 1210. The molecule has 1 atom stereocenters. The fourth-order valence-corrected chi connectivity index (χ4v) is 4.18. The van der Waals surface area contributed by atoms with Crippen molar-refractivity contribution >= 4 is 33.3 Å². The third-order valence-corrected chi connectivity index (χ3v) is 5.84. The van der Waals surface area contributed by atoms with Gasteiger partial charge in [0.1, 0.15) is 5.82 Å². The van der Waals surface area contributed by atoms with Crippen LogP contribution in [0.3, 0.4) is 0 Å². The lowest BCUT2D eigenvalue weighted by Crippen LogP contribution is -2.33. The van der Waals surface area contributed by atoms with E-state index in [2.05, 4.69) is 36.2 Å². The molecule has 1 fully saturated rings. The predicted molar refractivity (Wildman–Crippen MR) is 120 cm³/mol. The fraction of sp³-hybridized carbons (Fsp3) is 0.273. The summed E-state index contributed by atoms with van der Waals surface area (Å²) in [5.41, 5.74) is -2.20. The van der Waals surface area contributed by atoms with Gasteiger partial charge in [-0.2, -0.15) is 13.2 Å². The molecule has 1 aromatic carbocycles. The van der Waals surface area contributed by atoms with Crippen LogP contribution in [-0.2, 0) is 6.18 Å². The molecular formula is C22H18BrF4N5O2. The van der Waals surface area contributed by atoms with Crippen molar-refractivity contribution in [3.8, 4) is 11.4 Å². The number of halogens is 5. The van der Waals surface area contributed by atoms with E-state index in [0.29, 0.717) is 16.8 Å². The number of hydrogen-bond donors (Lipinski definition) is 2. The van der Waals surface area contributed by atoms with Gasteiger partial charge < -0.3 is 15.3 Å². The molecule has 2 N–H and O–H groups in total. The maximum atomic E-state index is 14.8. The van der Waals surface area contributed by atoms with Gasteiger partial charge in [-0.15, -0.1) is 0 Å². The Kier molecular flexibility index (Phi) is 6.80. The van der Waals surface area contributed by atoms with Crippen LogP contribution >= 0.6 is 15.9 Å². The summed E-state index contributed by atoms with van der Waals surface area (Å²) in [6, 6.07) is 3.83. The smallest absolute Gasteiger partial charge is 0.394 e. The van der Waals surface area contributed by atoms with Crippen molar-refractivity contribution in [1.82, 2.24) is 15.0 Å². The van der Waals surface area contributed by atoms with Crippen LogP contribution in [-0.4, -0.2) is 45.2 Å². The van der Waals surface area contributed by atoms with Gasteiger partial charge in [-0.25, -0.2) is 19.3 Å². The van der Waals surface area contributed by atoms with Crippen molar-refractivity contribution in [1.29, 1.82) is 0 Å². The molecule has 34 heavy (non-hydrogen) atoms. The van der Waals surface area contributed by atoms with Crippen LogP contribution < -0.4 is 10.2 Å². The van der Waals surface area contributed by atoms with Gasteiger partial charge in [0.25, 0.3) is 5.91 Å². The van der Waals surface area contributed by atoms with Crippen LogP contribution in [0, 0.1) is 5.82 Å². The van der Waals surface area contributed by atoms with Gasteiger partial charge in [0.05, 0.1) is 29.5 Å². The number of pyridine rings is 1.